The number of para-hydroxylation sites is 1. The number of nitrogens with one attached hydrogen (secondary N) is 1. The van der Waals surface area contributed by atoms with Crippen molar-refractivity contribution in [3.05, 3.63) is 71.0 Å². The topological polar surface area (TPSA) is 50.2 Å². The van der Waals surface area contributed by atoms with Crippen molar-refractivity contribution in [2.24, 2.45) is 0 Å². The molecule has 0 radical (unpaired) electrons. The number of halogens is 1. The monoisotopic (exact) mass is 382 g/mol. The number of hydrogen-bond donors (Lipinski definition) is 1. The minimum Gasteiger partial charge on any atom is -0.372 e. The van der Waals surface area contributed by atoms with Crippen molar-refractivity contribution in [2.45, 2.75) is 20.8 Å². The molecule has 6 heteroatoms. The summed E-state index contributed by atoms with van der Waals surface area (Å²) in [5, 5.41) is 7.63. The van der Waals surface area contributed by atoms with E-state index in [2.05, 4.69) is 29.2 Å². The van der Waals surface area contributed by atoms with Crippen LogP contribution in [0.15, 0.2) is 54.6 Å². The summed E-state index contributed by atoms with van der Waals surface area (Å²) < 4.78 is 1.58. The Kier molecular flexibility index (Phi) is 5.81. The Hall–Kier alpha value is -2.79. The van der Waals surface area contributed by atoms with Gasteiger partial charge in [-0.1, -0.05) is 29.8 Å². The number of aryl methyl sites for hydroxylation is 1. The number of anilines is 2. The Bertz CT molecular complexity index is 915. The van der Waals surface area contributed by atoms with Gasteiger partial charge in [0.05, 0.1) is 11.4 Å². The van der Waals surface area contributed by atoms with Crippen LogP contribution in [0.25, 0.3) is 5.69 Å². The Balaban J connectivity index is 1.82. The van der Waals surface area contributed by atoms with Crippen molar-refractivity contribution >= 4 is 28.9 Å². The van der Waals surface area contributed by atoms with Gasteiger partial charge in [0.1, 0.15) is 10.7 Å². The van der Waals surface area contributed by atoms with Gasteiger partial charge in [0.25, 0.3) is 5.91 Å². The molecule has 0 spiro atoms. The summed E-state index contributed by atoms with van der Waals surface area (Å²) in [6.45, 7) is 7.90. The number of rotatable bonds is 6. The summed E-state index contributed by atoms with van der Waals surface area (Å²) >= 11 is 6.46. The molecule has 1 N–H and O–H groups in total. The van der Waals surface area contributed by atoms with E-state index in [-0.39, 0.29) is 5.91 Å². The molecule has 1 amide bonds. The lowest BCUT2D eigenvalue weighted by atomic mass is 10.2. The molecule has 0 aliphatic carbocycles. The molecule has 0 bridgehead atoms. The first-order chi connectivity index (χ1) is 13.0. The van der Waals surface area contributed by atoms with Crippen LogP contribution in [0.5, 0.6) is 0 Å². The van der Waals surface area contributed by atoms with Gasteiger partial charge in [-0.3, -0.25) is 4.79 Å². The number of nitrogens with zero attached hydrogens (tertiary/aromatic N) is 3. The highest BCUT2D eigenvalue weighted by Gasteiger charge is 2.21. The van der Waals surface area contributed by atoms with Crippen LogP contribution in [0.1, 0.15) is 29.9 Å². The maximum atomic E-state index is 12.8. The van der Waals surface area contributed by atoms with Gasteiger partial charge in [-0.05, 0) is 57.2 Å². The molecule has 0 atom stereocenters. The zero-order valence-corrected chi connectivity index (χ0v) is 16.5. The molecule has 0 aliphatic rings. The highest BCUT2D eigenvalue weighted by atomic mass is 35.5. The molecular weight excluding hydrogens is 360 g/mol. The molecule has 0 unspecified atom stereocenters. The van der Waals surface area contributed by atoms with Gasteiger partial charge in [-0.15, -0.1) is 0 Å². The number of benzene rings is 2. The van der Waals surface area contributed by atoms with Crippen LogP contribution >= 0.6 is 11.6 Å². The van der Waals surface area contributed by atoms with E-state index in [9.17, 15) is 4.79 Å². The lowest BCUT2D eigenvalue weighted by Crippen LogP contribution is -2.21. The molecule has 1 heterocycles. The van der Waals surface area contributed by atoms with Gasteiger partial charge in [-0.2, -0.15) is 5.10 Å². The second-order valence-electron chi connectivity index (χ2n) is 6.17. The molecule has 3 rings (SSSR count). The van der Waals surface area contributed by atoms with Crippen LogP contribution in [0.3, 0.4) is 0 Å². The molecule has 0 saturated heterocycles. The highest BCUT2D eigenvalue weighted by Crippen LogP contribution is 2.25. The molecule has 0 aliphatic heterocycles. The lowest BCUT2D eigenvalue weighted by Gasteiger charge is -2.21. The predicted octanol–water partition coefficient (Wildman–Crippen LogP) is 4.93. The fourth-order valence-corrected chi connectivity index (χ4v) is 3.39. The van der Waals surface area contributed by atoms with Crippen molar-refractivity contribution in [1.82, 2.24) is 9.78 Å². The first kappa shape index (κ1) is 19.0. The van der Waals surface area contributed by atoms with Gasteiger partial charge < -0.3 is 10.2 Å². The van der Waals surface area contributed by atoms with E-state index in [4.69, 9.17) is 11.6 Å². The zero-order valence-electron chi connectivity index (χ0n) is 15.7. The lowest BCUT2D eigenvalue weighted by molar-refractivity contribution is 0.102. The first-order valence-electron chi connectivity index (χ1n) is 9.02. The average molecular weight is 383 g/mol. The quantitative estimate of drug-likeness (QED) is 0.657. The Labute approximate surface area is 164 Å². The van der Waals surface area contributed by atoms with Crippen LogP contribution in [0.2, 0.25) is 5.15 Å². The molecule has 27 heavy (non-hydrogen) atoms. The van der Waals surface area contributed by atoms with E-state index in [1.54, 1.807) is 11.6 Å². The van der Waals surface area contributed by atoms with E-state index < -0.39 is 0 Å². The van der Waals surface area contributed by atoms with Crippen molar-refractivity contribution in [3.8, 4) is 5.69 Å². The second kappa shape index (κ2) is 8.27. The van der Waals surface area contributed by atoms with Crippen molar-refractivity contribution in [1.29, 1.82) is 0 Å². The summed E-state index contributed by atoms with van der Waals surface area (Å²) in [4.78, 5) is 15.0. The van der Waals surface area contributed by atoms with Gasteiger partial charge in [0.15, 0.2) is 0 Å². The van der Waals surface area contributed by atoms with Gasteiger partial charge in [0.2, 0.25) is 0 Å². The maximum absolute atomic E-state index is 12.8. The average Bonchev–Trinajstić information content (AvgIpc) is 2.99. The van der Waals surface area contributed by atoms with Crippen LogP contribution in [0.4, 0.5) is 11.4 Å². The molecule has 3 aromatic rings. The van der Waals surface area contributed by atoms with E-state index in [0.29, 0.717) is 16.4 Å². The van der Waals surface area contributed by atoms with Crippen molar-refractivity contribution in [3.63, 3.8) is 0 Å². The number of carbonyl (C=O) groups is 1. The summed E-state index contributed by atoms with van der Waals surface area (Å²) in [6.07, 6.45) is 0. The minimum absolute atomic E-state index is 0.268. The van der Waals surface area contributed by atoms with Gasteiger partial charge in [0, 0.05) is 24.5 Å². The van der Waals surface area contributed by atoms with E-state index in [1.165, 1.54) is 0 Å². The van der Waals surface area contributed by atoms with Crippen LogP contribution in [-0.4, -0.2) is 28.8 Å². The van der Waals surface area contributed by atoms with E-state index >= 15 is 0 Å². The summed E-state index contributed by atoms with van der Waals surface area (Å²) in [5.74, 6) is -0.268. The number of amides is 1. The Morgan fingerprint density at radius 1 is 1.07 bits per heavy atom. The van der Waals surface area contributed by atoms with Crippen LogP contribution < -0.4 is 10.2 Å². The SMILES string of the molecule is CCN(CC)c1ccc(NC(=O)c2c(C)nn(-c3ccccc3)c2Cl)cc1. The maximum Gasteiger partial charge on any atom is 0.260 e. The summed E-state index contributed by atoms with van der Waals surface area (Å²) in [6, 6.07) is 17.3. The highest BCUT2D eigenvalue weighted by molar-refractivity contribution is 6.34. The number of carbonyl (C=O) groups excluding carboxylic acids is 1. The first-order valence-corrected chi connectivity index (χ1v) is 9.39. The third-order valence-corrected chi connectivity index (χ3v) is 4.83. The van der Waals surface area contributed by atoms with Gasteiger partial charge in [-0.25, -0.2) is 4.68 Å². The standard InChI is InChI=1S/C21H23ClN4O/c1-4-25(5-2)17-13-11-16(12-14-17)23-21(27)19-15(3)24-26(20(19)22)18-9-7-6-8-10-18/h6-14H,4-5H2,1-3H3,(H,23,27). The molecule has 5 nitrogen and oxygen atoms in total. The Morgan fingerprint density at radius 3 is 2.30 bits per heavy atom. The molecule has 0 saturated carbocycles. The molecule has 0 fully saturated rings. The van der Waals surface area contributed by atoms with Crippen molar-refractivity contribution in [2.75, 3.05) is 23.3 Å². The Morgan fingerprint density at radius 2 is 1.70 bits per heavy atom. The minimum atomic E-state index is -0.268. The molecular formula is C21H23ClN4O. The summed E-state index contributed by atoms with van der Waals surface area (Å²) in [5.41, 5.74) is 3.63. The van der Waals surface area contributed by atoms with Crippen LogP contribution in [-0.2, 0) is 0 Å². The number of aromatic nitrogens is 2. The second-order valence-corrected chi connectivity index (χ2v) is 6.53. The molecule has 1 aromatic heterocycles. The fourth-order valence-electron chi connectivity index (χ4n) is 3.04. The van der Waals surface area contributed by atoms with E-state index in [0.717, 1.165) is 30.2 Å². The van der Waals surface area contributed by atoms with Crippen LogP contribution in [0, 0.1) is 6.92 Å². The van der Waals surface area contributed by atoms with E-state index in [1.807, 2.05) is 54.6 Å². The molecule has 2 aromatic carbocycles. The third kappa shape index (κ3) is 3.98. The predicted molar refractivity (Wildman–Crippen MR) is 111 cm³/mol. The fraction of sp³-hybridized carbons (Fsp3) is 0.238. The largest absolute Gasteiger partial charge is 0.372 e. The number of hydrogen-bond acceptors (Lipinski definition) is 3. The normalized spacial score (nSPS) is 10.7. The van der Waals surface area contributed by atoms with Gasteiger partial charge >= 0.3 is 0 Å². The van der Waals surface area contributed by atoms with Crippen molar-refractivity contribution < 1.29 is 4.79 Å². The smallest absolute Gasteiger partial charge is 0.260 e. The summed E-state index contributed by atoms with van der Waals surface area (Å²) in [7, 11) is 0. The zero-order chi connectivity index (χ0) is 19.4. The third-order valence-electron chi connectivity index (χ3n) is 4.49. The molecule has 140 valence electrons.